The first-order valence-electron chi connectivity index (χ1n) is 4.77. The number of aromatic nitrogens is 1. The summed E-state index contributed by atoms with van der Waals surface area (Å²) in [5.74, 6) is 4.72. The minimum Gasteiger partial charge on any atom is -0.311 e. The Morgan fingerprint density at radius 2 is 2.06 bits per heavy atom. The molecule has 1 aromatic carbocycles. The van der Waals surface area contributed by atoms with E-state index in [1.165, 1.54) is 0 Å². The van der Waals surface area contributed by atoms with E-state index in [0.29, 0.717) is 21.4 Å². The molecule has 2 rings (SSSR count). The first kappa shape index (κ1) is 12.0. The number of nitrogens with two attached hydrogens (primary N) is 1. The topological polar surface area (TPSA) is 60.0 Å². The molecule has 88 valence electrons. The van der Waals surface area contributed by atoms with Gasteiger partial charge >= 0.3 is 0 Å². The van der Waals surface area contributed by atoms with E-state index < -0.39 is 0 Å². The number of nitrogen functional groups attached to an aromatic ring is 1. The van der Waals surface area contributed by atoms with Crippen molar-refractivity contribution in [3.8, 4) is 5.69 Å². The Kier molecular flexibility index (Phi) is 3.38. The minimum atomic E-state index is -0.388. The number of carbonyl (C=O) groups is 1. The molecule has 0 unspecified atom stereocenters. The summed E-state index contributed by atoms with van der Waals surface area (Å²) in [5.41, 5.74) is 3.15. The molecule has 0 radical (unpaired) electrons. The summed E-state index contributed by atoms with van der Waals surface area (Å²) >= 11 is 11.9. The highest BCUT2D eigenvalue weighted by atomic mass is 35.5. The van der Waals surface area contributed by atoms with E-state index in [2.05, 4.69) is 5.43 Å². The van der Waals surface area contributed by atoms with Gasteiger partial charge in [0.15, 0.2) is 0 Å². The van der Waals surface area contributed by atoms with Gasteiger partial charge in [0.05, 0.1) is 10.7 Å². The molecule has 0 aliphatic heterocycles. The zero-order chi connectivity index (χ0) is 12.4. The molecule has 17 heavy (non-hydrogen) atoms. The van der Waals surface area contributed by atoms with Crippen molar-refractivity contribution in [1.29, 1.82) is 0 Å². The third-order valence-corrected chi connectivity index (χ3v) is 2.82. The Morgan fingerprint density at radius 3 is 2.71 bits per heavy atom. The van der Waals surface area contributed by atoms with Crippen molar-refractivity contribution in [1.82, 2.24) is 9.99 Å². The van der Waals surface area contributed by atoms with E-state index in [1.54, 1.807) is 41.1 Å². The van der Waals surface area contributed by atoms with Crippen LogP contribution in [0.3, 0.4) is 0 Å². The number of rotatable bonds is 2. The van der Waals surface area contributed by atoms with Gasteiger partial charge < -0.3 is 4.57 Å². The van der Waals surface area contributed by atoms with Crippen LogP contribution in [-0.2, 0) is 0 Å². The number of hydrazine groups is 1. The van der Waals surface area contributed by atoms with Gasteiger partial charge in [-0.2, -0.15) is 0 Å². The standard InChI is InChI=1S/C11H9Cl2N3O/c12-7-3-4-9(8(13)6-7)16-5-1-2-10(16)11(17)15-14/h1-6H,14H2,(H,15,17). The number of nitrogens with one attached hydrogen (secondary N) is 1. The molecule has 3 N–H and O–H groups in total. The molecule has 6 heteroatoms. The van der Waals surface area contributed by atoms with Gasteiger partial charge in [0, 0.05) is 11.2 Å². The maximum absolute atomic E-state index is 11.5. The average Bonchev–Trinajstić information content (AvgIpc) is 2.77. The number of benzene rings is 1. The average molecular weight is 270 g/mol. The highest BCUT2D eigenvalue weighted by molar-refractivity contribution is 6.35. The van der Waals surface area contributed by atoms with Crippen LogP contribution in [0.25, 0.3) is 5.69 Å². The van der Waals surface area contributed by atoms with Crippen molar-refractivity contribution in [3.63, 3.8) is 0 Å². The van der Waals surface area contributed by atoms with Crippen molar-refractivity contribution in [3.05, 3.63) is 52.3 Å². The van der Waals surface area contributed by atoms with Crippen LogP contribution in [0.1, 0.15) is 10.5 Å². The van der Waals surface area contributed by atoms with Gasteiger partial charge in [0.25, 0.3) is 5.91 Å². The monoisotopic (exact) mass is 269 g/mol. The lowest BCUT2D eigenvalue weighted by Gasteiger charge is -2.10. The predicted molar refractivity (Wildman–Crippen MR) is 67.4 cm³/mol. The number of nitrogens with zero attached hydrogens (tertiary/aromatic N) is 1. The van der Waals surface area contributed by atoms with Crippen LogP contribution in [0.2, 0.25) is 10.0 Å². The van der Waals surface area contributed by atoms with Crippen LogP contribution in [0, 0.1) is 0 Å². The maximum atomic E-state index is 11.5. The molecule has 0 spiro atoms. The predicted octanol–water partition coefficient (Wildman–Crippen LogP) is 2.39. The van der Waals surface area contributed by atoms with Gasteiger partial charge in [-0.05, 0) is 30.3 Å². The van der Waals surface area contributed by atoms with E-state index in [4.69, 9.17) is 29.0 Å². The smallest absolute Gasteiger partial charge is 0.282 e. The van der Waals surface area contributed by atoms with Crippen molar-refractivity contribution in [2.75, 3.05) is 0 Å². The van der Waals surface area contributed by atoms with Crippen LogP contribution in [0.15, 0.2) is 36.5 Å². The Morgan fingerprint density at radius 1 is 1.29 bits per heavy atom. The van der Waals surface area contributed by atoms with Gasteiger partial charge in [-0.15, -0.1) is 0 Å². The summed E-state index contributed by atoms with van der Waals surface area (Å²) in [4.78, 5) is 11.5. The SMILES string of the molecule is NNC(=O)c1cccn1-c1ccc(Cl)cc1Cl. The summed E-state index contributed by atoms with van der Waals surface area (Å²) in [6.07, 6.45) is 1.72. The largest absolute Gasteiger partial charge is 0.311 e. The molecule has 1 amide bonds. The number of amides is 1. The molecule has 0 saturated carbocycles. The first-order valence-corrected chi connectivity index (χ1v) is 5.53. The lowest BCUT2D eigenvalue weighted by molar-refractivity contribution is 0.0947. The maximum Gasteiger partial charge on any atom is 0.282 e. The molecule has 2 aromatic rings. The van der Waals surface area contributed by atoms with E-state index in [1.807, 2.05) is 0 Å². The summed E-state index contributed by atoms with van der Waals surface area (Å²) < 4.78 is 1.64. The minimum absolute atomic E-state index is 0.388. The molecule has 1 aromatic heterocycles. The van der Waals surface area contributed by atoms with Gasteiger partial charge in [-0.3, -0.25) is 10.2 Å². The number of hydrogen-bond donors (Lipinski definition) is 2. The normalized spacial score (nSPS) is 10.3. The Hall–Kier alpha value is -1.49. The van der Waals surface area contributed by atoms with Crippen molar-refractivity contribution >= 4 is 29.1 Å². The van der Waals surface area contributed by atoms with E-state index in [0.717, 1.165) is 0 Å². The first-order chi connectivity index (χ1) is 8.13. The molecule has 0 fully saturated rings. The summed E-state index contributed by atoms with van der Waals surface area (Å²) in [6, 6.07) is 8.43. The van der Waals surface area contributed by atoms with Crippen LogP contribution in [0.5, 0.6) is 0 Å². The zero-order valence-electron chi connectivity index (χ0n) is 8.65. The van der Waals surface area contributed by atoms with E-state index in [-0.39, 0.29) is 5.91 Å². The van der Waals surface area contributed by atoms with Crippen molar-refractivity contribution in [2.24, 2.45) is 5.84 Å². The molecular formula is C11H9Cl2N3O. The Bertz CT molecular complexity index is 566. The molecule has 4 nitrogen and oxygen atoms in total. The van der Waals surface area contributed by atoms with Gasteiger partial charge in [-0.1, -0.05) is 23.2 Å². The lowest BCUT2D eigenvalue weighted by atomic mass is 10.3. The third-order valence-electron chi connectivity index (χ3n) is 2.28. The fourth-order valence-electron chi connectivity index (χ4n) is 1.53. The number of hydrogen-bond acceptors (Lipinski definition) is 2. The van der Waals surface area contributed by atoms with E-state index in [9.17, 15) is 4.79 Å². The van der Waals surface area contributed by atoms with Crippen LogP contribution in [-0.4, -0.2) is 10.5 Å². The van der Waals surface area contributed by atoms with Gasteiger partial charge in [0.1, 0.15) is 5.69 Å². The Balaban J connectivity index is 2.53. The van der Waals surface area contributed by atoms with Gasteiger partial charge in [-0.25, -0.2) is 5.84 Å². The molecule has 0 atom stereocenters. The van der Waals surface area contributed by atoms with E-state index >= 15 is 0 Å². The highest BCUT2D eigenvalue weighted by Crippen LogP contribution is 2.25. The second kappa shape index (κ2) is 4.79. The molecular weight excluding hydrogens is 261 g/mol. The molecule has 0 bridgehead atoms. The zero-order valence-corrected chi connectivity index (χ0v) is 10.2. The summed E-state index contributed by atoms with van der Waals surface area (Å²) in [6.45, 7) is 0. The van der Waals surface area contributed by atoms with Crippen molar-refractivity contribution < 1.29 is 4.79 Å². The lowest BCUT2D eigenvalue weighted by Crippen LogP contribution is -2.31. The third kappa shape index (κ3) is 2.29. The number of carbonyl (C=O) groups excluding carboxylic acids is 1. The van der Waals surface area contributed by atoms with Crippen LogP contribution >= 0.6 is 23.2 Å². The Labute approximate surface area is 108 Å². The van der Waals surface area contributed by atoms with Crippen LogP contribution < -0.4 is 11.3 Å². The molecule has 0 saturated heterocycles. The molecule has 0 aliphatic carbocycles. The fourth-order valence-corrected chi connectivity index (χ4v) is 2.03. The highest BCUT2D eigenvalue weighted by Gasteiger charge is 2.12. The molecule has 0 aliphatic rings. The summed E-state index contributed by atoms with van der Waals surface area (Å²) in [5, 5.41) is 0.996. The fraction of sp³-hybridized carbons (Fsp3) is 0. The van der Waals surface area contributed by atoms with Gasteiger partial charge in [0.2, 0.25) is 0 Å². The molecule has 1 heterocycles. The quantitative estimate of drug-likeness (QED) is 0.500. The van der Waals surface area contributed by atoms with Crippen LogP contribution in [0.4, 0.5) is 0 Å². The number of halogens is 2. The second-order valence-electron chi connectivity index (χ2n) is 3.33. The van der Waals surface area contributed by atoms with Crippen molar-refractivity contribution in [2.45, 2.75) is 0 Å². The second-order valence-corrected chi connectivity index (χ2v) is 4.18. The summed E-state index contributed by atoms with van der Waals surface area (Å²) in [7, 11) is 0.